The number of rotatable bonds is 5. The summed E-state index contributed by atoms with van der Waals surface area (Å²) in [6, 6.07) is 24.0. The first-order valence-electron chi connectivity index (χ1n) is 9.24. The molecule has 1 aromatic heterocycles. The summed E-state index contributed by atoms with van der Waals surface area (Å²) < 4.78 is 2.27. The Bertz CT molecular complexity index is 1280. The summed E-state index contributed by atoms with van der Waals surface area (Å²) in [5.74, 6) is -0.485. The molecule has 0 aliphatic heterocycles. The highest BCUT2D eigenvalue weighted by Crippen LogP contribution is 2.14. The van der Waals surface area contributed by atoms with E-state index in [2.05, 4.69) is 31.6 Å². The number of halogens is 1. The Kier molecular flexibility index (Phi) is 5.81. The molecule has 4 rings (SSSR count). The minimum absolute atomic E-state index is 0.147. The number of hydrogen-bond acceptors (Lipinski definition) is 4. The van der Waals surface area contributed by atoms with Crippen molar-refractivity contribution in [3.05, 3.63) is 111 Å². The Balaban J connectivity index is 1.66. The van der Waals surface area contributed by atoms with Crippen LogP contribution in [0.2, 0.25) is 0 Å². The number of nitrogens with zero attached hydrogens (tertiary/aromatic N) is 3. The third-order valence-corrected chi connectivity index (χ3v) is 5.04. The zero-order valence-electron chi connectivity index (χ0n) is 15.8. The predicted molar refractivity (Wildman–Crippen MR) is 121 cm³/mol. The number of amides is 1. The molecule has 0 saturated heterocycles. The summed E-state index contributed by atoms with van der Waals surface area (Å²) in [6.45, 7) is 0.271. The van der Waals surface area contributed by atoms with E-state index in [0.29, 0.717) is 10.8 Å². The Morgan fingerprint density at radius 2 is 1.63 bits per heavy atom. The van der Waals surface area contributed by atoms with Crippen molar-refractivity contribution in [1.29, 1.82) is 0 Å². The van der Waals surface area contributed by atoms with Gasteiger partial charge < -0.3 is 0 Å². The second-order valence-corrected chi connectivity index (χ2v) is 7.51. The Morgan fingerprint density at radius 1 is 0.967 bits per heavy atom. The molecule has 4 aromatic rings. The first kappa shape index (κ1) is 19.7. The lowest BCUT2D eigenvalue weighted by atomic mass is 10.1. The molecule has 0 saturated carbocycles. The van der Waals surface area contributed by atoms with Crippen LogP contribution in [0.5, 0.6) is 0 Å². The van der Waals surface area contributed by atoms with Gasteiger partial charge in [-0.1, -0.05) is 76.6 Å². The maximum absolute atomic E-state index is 12.9. The highest BCUT2D eigenvalue weighted by Gasteiger charge is 2.16. The lowest BCUT2D eigenvalue weighted by molar-refractivity contribution is 0.0949. The van der Waals surface area contributed by atoms with E-state index in [9.17, 15) is 9.59 Å². The average Bonchev–Trinajstić information content (AvgIpc) is 2.78. The highest BCUT2D eigenvalue weighted by molar-refractivity contribution is 9.10. The number of carbonyl (C=O) groups is 1. The summed E-state index contributed by atoms with van der Waals surface area (Å²) in [5.41, 5.74) is 4.16. The Hall–Kier alpha value is -3.58. The first-order valence-corrected chi connectivity index (χ1v) is 10.0. The molecular formula is C23H17BrN4O2. The standard InChI is InChI=1S/C23H17BrN4O2/c24-18-12-10-16(11-13-18)14-25-26-22(29)21-19-8-4-5-9-20(19)23(30)28(27-21)15-17-6-2-1-3-7-17/h1-14H,15H2,(H,26,29). The number of hydrogen-bond donors (Lipinski definition) is 1. The van der Waals surface area contributed by atoms with Gasteiger partial charge in [0.05, 0.1) is 18.1 Å². The van der Waals surface area contributed by atoms with Crippen molar-refractivity contribution in [2.24, 2.45) is 5.10 Å². The topological polar surface area (TPSA) is 76.3 Å². The van der Waals surface area contributed by atoms with E-state index in [4.69, 9.17) is 0 Å². The maximum Gasteiger partial charge on any atom is 0.292 e. The maximum atomic E-state index is 12.9. The lowest BCUT2D eigenvalue weighted by Crippen LogP contribution is -2.29. The molecule has 0 aliphatic rings. The summed E-state index contributed by atoms with van der Waals surface area (Å²) >= 11 is 3.38. The van der Waals surface area contributed by atoms with E-state index < -0.39 is 5.91 Å². The predicted octanol–water partition coefficient (Wildman–Crippen LogP) is 3.97. The number of benzene rings is 3. The quantitative estimate of drug-likeness (QED) is 0.361. The zero-order valence-corrected chi connectivity index (χ0v) is 17.4. The number of fused-ring (bicyclic) bond motifs is 1. The second kappa shape index (κ2) is 8.84. The summed E-state index contributed by atoms with van der Waals surface area (Å²) in [6.07, 6.45) is 1.55. The third-order valence-electron chi connectivity index (χ3n) is 4.51. The fourth-order valence-electron chi connectivity index (χ4n) is 3.03. The summed E-state index contributed by atoms with van der Waals surface area (Å²) in [7, 11) is 0. The normalized spacial score (nSPS) is 11.1. The molecule has 0 atom stereocenters. The van der Waals surface area contributed by atoms with Crippen LogP contribution >= 0.6 is 15.9 Å². The SMILES string of the molecule is O=C(NN=Cc1ccc(Br)cc1)c1nn(Cc2ccccc2)c(=O)c2ccccc12. The largest absolute Gasteiger partial charge is 0.292 e. The molecule has 1 N–H and O–H groups in total. The van der Waals surface area contributed by atoms with Crippen molar-refractivity contribution in [3.63, 3.8) is 0 Å². The Morgan fingerprint density at radius 3 is 2.37 bits per heavy atom. The van der Waals surface area contributed by atoms with Gasteiger partial charge in [0.25, 0.3) is 11.5 Å². The molecule has 0 aliphatic carbocycles. The molecule has 0 bridgehead atoms. The van der Waals surface area contributed by atoms with Crippen molar-refractivity contribution in [3.8, 4) is 0 Å². The fraction of sp³-hybridized carbons (Fsp3) is 0.0435. The van der Waals surface area contributed by atoms with Gasteiger partial charge in [0.15, 0.2) is 5.69 Å². The van der Waals surface area contributed by atoms with Gasteiger partial charge in [-0.2, -0.15) is 10.2 Å². The van der Waals surface area contributed by atoms with Crippen LogP contribution in [-0.4, -0.2) is 21.9 Å². The van der Waals surface area contributed by atoms with Gasteiger partial charge >= 0.3 is 0 Å². The van der Waals surface area contributed by atoms with E-state index in [1.807, 2.05) is 54.6 Å². The van der Waals surface area contributed by atoms with Crippen LogP contribution in [0.1, 0.15) is 21.6 Å². The van der Waals surface area contributed by atoms with Crippen molar-refractivity contribution in [2.75, 3.05) is 0 Å². The van der Waals surface area contributed by atoms with E-state index in [-0.39, 0.29) is 17.8 Å². The van der Waals surface area contributed by atoms with Crippen LogP contribution in [0.4, 0.5) is 0 Å². The molecule has 0 fully saturated rings. The van der Waals surface area contributed by atoms with Crippen LogP contribution in [0.15, 0.2) is 93.2 Å². The second-order valence-electron chi connectivity index (χ2n) is 6.59. The van der Waals surface area contributed by atoms with Crippen LogP contribution < -0.4 is 11.0 Å². The molecule has 1 amide bonds. The van der Waals surface area contributed by atoms with Gasteiger partial charge in [-0.05, 0) is 29.3 Å². The number of aromatic nitrogens is 2. The van der Waals surface area contributed by atoms with Crippen LogP contribution in [0, 0.1) is 0 Å². The van der Waals surface area contributed by atoms with Gasteiger partial charge in [0.1, 0.15) is 0 Å². The number of nitrogens with one attached hydrogen (secondary N) is 1. The molecule has 30 heavy (non-hydrogen) atoms. The Labute approximate surface area is 181 Å². The minimum atomic E-state index is -0.485. The summed E-state index contributed by atoms with van der Waals surface area (Å²) in [4.78, 5) is 25.7. The van der Waals surface area contributed by atoms with Crippen LogP contribution in [0.3, 0.4) is 0 Å². The van der Waals surface area contributed by atoms with Crippen molar-refractivity contribution in [1.82, 2.24) is 15.2 Å². The van der Waals surface area contributed by atoms with Gasteiger partial charge in [0, 0.05) is 9.86 Å². The molecule has 6 nitrogen and oxygen atoms in total. The smallest absolute Gasteiger partial charge is 0.267 e. The molecular weight excluding hydrogens is 444 g/mol. The number of carbonyl (C=O) groups excluding carboxylic acids is 1. The average molecular weight is 461 g/mol. The van der Waals surface area contributed by atoms with Crippen LogP contribution in [0.25, 0.3) is 10.8 Å². The van der Waals surface area contributed by atoms with E-state index in [0.717, 1.165) is 15.6 Å². The monoisotopic (exact) mass is 460 g/mol. The van der Waals surface area contributed by atoms with E-state index in [1.54, 1.807) is 30.5 Å². The first-order chi connectivity index (χ1) is 14.6. The molecule has 0 radical (unpaired) electrons. The van der Waals surface area contributed by atoms with Gasteiger partial charge in [-0.25, -0.2) is 10.1 Å². The van der Waals surface area contributed by atoms with Gasteiger partial charge in [-0.3, -0.25) is 9.59 Å². The van der Waals surface area contributed by atoms with Crippen molar-refractivity contribution < 1.29 is 4.79 Å². The molecule has 7 heteroatoms. The van der Waals surface area contributed by atoms with Crippen LogP contribution in [-0.2, 0) is 6.54 Å². The van der Waals surface area contributed by atoms with Crippen molar-refractivity contribution >= 4 is 38.8 Å². The molecule has 0 spiro atoms. The minimum Gasteiger partial charge on any atom is -0.267 e. The lowest BCUT2D eigenvalue weighted by Gasteiger charge is -2.10. The highest BCUT2D eigenvalue weighted by atomic mass is 79.9. The van der Waals surface area contributed by atoms with E-state index >= 15 is 0 Å². The molecule has 3 aromatic carbocycles. The van der Waals surface area contributed by atoms with Gasteiger partial charge in [-0.15, -0.1) is 0 Å². The number of hydrazone groups is 1. The third kappa shape index (κ3) is 4.36. The van der Waals surface area contributed by atoms with E-state index in [1.165, 1.54) is 4.68 Å². The summed E-state index contributed by atoms with van der Waals surface area (Å²) in [5, 5.41) is 9.29. The fourth-order valence-corrected chi connectivity index (χ4v) is 3.30. The van der Waals surface area contributed by atoms with Crippen molar-refractivity contribution in [2.45, 2.75) is 6.54 Å². The van der Waals surface area contributed by atoms with Gasteiger partial charge in [0.2, 0.25) is 0 Å². The zero-order chi connectivity index (χ0) is 20.9. The molecule has 148 valence electrons. The molecule has 1 heterocycles. The molecule has 0 unspecified atom stereocenters.